The average molecular weight is 400 g/mol. The Bertz CT molecular complexity index is 605. The van der Waals surface area contributed by atoms with Crippen molar-refractivity contribution in [3.05, 3.63) is 11.6 Å². The summed E-state index contributed by atoms with van der Waals surface area (Å²) in [7, 11) is 2.16. The van der Waals surface area contributed by atoms with Crippen molar-refractivity contribution < 1.29 is 0 Å². The van der Waals surface area contributed by atoms with Crippen LogP contribution in [0.5, 0.6) is 0 Å². The fraction of sp³-hybridized carbons (Fsp3) is 0.929. The predicted octanol–water partition coefficient (Wildman–Crippen LogP) is 7.62. The maximum atomic E-state index is 3.57. The quantitative estimate of drug-likeness (QED) is 0.453. The molecule has 1 N–H and O–H groups in total. The molecule has 29 heavy (non-hydrogen) atoms. The zero-order chi connectivity index (χ0) is 20.8. The molecule has 166 valence electrons. The van der Waals surface area contributed by atoms with Crippen molar-refractivity contribution >= 4 is 0 Å². The first-order valence-electron chi connectivity index (χ1n) is 13.2. The zero-order valence-corrected chi connectivity index (χ0v) is 20.4. The Morgan fingerprint density at radius 3 is 2.52 bits per heavy atom. The predicted molar refractivity (Wildman–Crippen MR) is 126 cm³/mol. The van der Waals surface area contributed by atoms with Crippen molar-refractivity contribution in [3.8, 4) is 0 Å². The number of hydrogen-bond acceptors (Lipinski definition) is 1. The summed E-state index contributed by atoms with van der Waals surface area (Å²) in [6, 6.07) is 0.724. The lowest BCUT2D eigenvalue weighted by Gasteiger charge is -2.58. The van der Waals surface area contributed by atoms with Crippen molar-refractivity contribution in [3.63, 3.8) is 0 Å². The maximum absolute atomic E-state index is 3.57. The standard InChI is InChI=1S/C28H49N/c1-19(2)8-7-9-20(3)24-12-13-25-23-11-10-21-18-22(29-6)14-16-27(21,4)26(23)15-17-28(24,25)5/h10,19-20,22-26,29H,7-9,11-18H2,1-6H3/t20-,22+,23?,24?,25?,26?,27?,28?/m1/s1. The molecule has 4 aliphatic carbocycles. The van der Waals surface area contributed by atoms with E-state index < -0.39 is 0 Å². The van der Waals surface area contributed by atoms with E-state index in [1.807, 2.05) is 5.57 Å². The Morgan fingerprint density at radius 1 is 1.00 bits per heavy atom. The molecule has 8 atom stereocenters. The van der Waals surface area contributed by atoms with Gasteiger partial charge in [0.2, 0.25) is 0 Å². The molecule has 0 aromatic heterocycles. The summed E-state index contributed by atoms with van der Waals surface area (Å²) in [4.78, 5) is 0. The molecule has 6 unspecified atom stereocenters. The normalized spacial score (nSPS) is 45.3. The highest BCUT2D eigenvalue weighted by atomic mass is 14.9. The topological polar surface area (TPSA) is 12.0 Å². The molecule has 0 bridgehead atoms. The summed E-state index contributed by atoms with van der Waals surface area (Å²) in [5, 5.41) is 3.57. The van der Waals surface area contributed by atoms with Gasteiger partial charge in [0.15, 0.2) is 0 Å². The third-order valence-corrected chi connectivity index (χ3v) is 10.7. The number of nitrogens with one attached hydrogen (secondary N) is 1. The molecule has 0 aliphatic heterocycles. The van der Waals surface area contributed by atoms with E-state index in [0.717, 1.165) is 41.5 Å². The van der Waals surface area contributed by atoms with E-state index in [-0.39, 0.29) is 0 Å². The molecule has 4 aliphatic rings. The minimum absolute atomic E-state index is 0.512. The first kappa shape index (κ1) is 21.9. The molecular weight excluding hydrogens is 350 g/mol. The van der Waals surface area contributed by atoms with Gasteiger partial charge in [-0.25, -0.2) is 0 Å². The van der Waals surface area contributed by atoms with E-state index in [1.165, 1.54) is 70.6 Å². The number of hydrogen-bond donors (Lipinski definition) is 1. The number of fused-ring (bicyclic) bond motifs is 5. The highest BCUT2D eigenvalue weighted by Gasteiger charge is 2.59. The van der Waals surface area contributed by atoms with E-state index in [2.05, 4.69) is 53.1 Å². The second kappa shape index (κ2) is 8.33. The van der Waals surface area contributed by atoms with E-state index in [0.29, 0.717) is 10.8 Å². The van der Waals surface area contributed by atoms with Gasteiger partial charge in [0.1, 0.15) is 0 Å². The monoisotopic (exact) mass is 399 g/mol. The van der Waals surface area contributed by atoms with Gasteiger partial charge in [-0.3, -0.25) is 0 Å². The van der Waals surface area contributed by atoms with Gasteiger partial charge in [-0.1, -0.05) is 65.5 Å². The fourth-order valence-electron chi connectivity index (χ4n) is 8.93. The molecule has 0 amide bonds. The molecule has 0 aromatic rings. The van der Waals surface area contributed by atoms with Crippen LogP contribution in [-0.2, 0) is 0 Å². The summed E-state index contributed by atoms with van der Waals surface area (Å²) in [6.07, 6.45) is 18.6. The smallest absolute Gasteiger partial charge is 0.0102 e. The largest absolute Gasteiger partial charge is 0.317 e. The third-order valence-electron chi connectivity index (χ3n) is 10.7. The van der Waals surface area contributed by atoms with Gasteiger partial charge < -0.3 is 5.32 Å². The van der Waals surface area contributed by atoms with Gasteiger partial charge in [-0.05, 0) is 105 Å². The molecule has 1 nitrogen and oxygen atoms in total. The van der Waals surface area contributed by atoms with Gasteiger partial charge in [-0.15, -0.1) is 0 Å². The molecule has 0 saturated heterocycles. The first-order chi connectivity index (χ1) is 13.8. The summed E-state index contributed by atoms with van der Waals surface area (Å²) in [5.74, 6) is 5.72. The van der Waals surface area contributed by atoms with Crippen LogP contribution in [0.15, 0.2) is 11.6 Å². The van der Waals surface area contributed by atoms with Crippen molar-refractivity contribution in [1.82, 2.24) is 5.32 Å². The van der Waals surface area contributed by atoms with Crippen LogP contribution in [0.2, 0.25) is 0 Å². The summed E-state index contributed by atoms with van der Waals surface area (Å²) >= 11 is 0. The van der Waals surface area contributed by atoms with E-state index >= 15 is 0 Å². The number of rotatable bonds is 6. The van der Waals surface area contributed by atoms with Gasteiger partial charge in [0.25, 0.3) is 0 Å². The Kier molecular flexibility index (Phi) is 6.29. The second-order valence-electron chi connectivity index (χ2n) is 12.5. The molecule has 3 saturated carbocycles. The Labute approximate surface area is 181 Å². The van der Waals surface area contributed by atoms with Crippen molar-refractivity contribution in [1.29, 1.82) is 0 Å². The molecule has 0 heterocycles. The van der Waals surface area contributed by atoms with Gasteiger partial charge in [-0.2, -0.15) is 0 Å². The molecule has 0 spiro atoms. The lowest BCUT2D eigenvalue weighted by atomic mass is 9.47. The first-order valence-corrected chi connectivity index (χ1v) is 13.2. The van der Waals surface area contributed by atoms with Crippen LogP contribution >= 0.6 is 0 Å². The SMILES string of the molecule is CN[C@H]1CCC2(C)C(=CCC3C2CCC2(C)C3CCC2[C@H](C)CCCC(C)C)C1. The van der Waals surface area contributed by atoms with E-state index in [4.69, 9.17) is 0 Å². The van der Waals surface area contributed by atoms with Crippen LogP contribution < -0.4 is 5.32 Å². The molecule has 3 fully saturated rings. The highest BCUT2D eigenvalue weighted by Crippen LogP contribution is 2.67. The lowest BCUT2D eigenvalue weighted by Crippen LogP contribution is -2.51. The van der Waals surface area contributed by atoms with Crippen molar-refractivity contribution in [2.45, 2.75) is 111 Å². The average Bonchev–Trinajstić information content (AvgIpc) is 3.04. The summed E-state index contributed by atoms with van der Waals surface area (Å²) in [5.41, 5.74) is 2.96. The highest BCUT2D eigenvalue weighted by molar-refractivity contribution is 5.25. The van der Waals surface area contributed by atoms with Crippen LogP contribution in [0, 0.1) is 46.3 Å². The van der Waals surface area contributed by atoms with Crippen molar-refractivity contribution in [2.75, 3.05) is 7.05 Å². The minimum Gasteiger partial charge on any atom is -0.317 e. The molecule has 1 heteroatoms. The van der Waals surface area contributed by atoms with Gasteiger partial charge >= 0.3 is 0 Å². The summed E-state index contributed by atoms with van der Waals surface area (Å²) in [6.45, 7) is 12.8. The molecular formula is C28H49N. The van der Waals surface area contributed by atoms with Crippen LogP contribution in [0.3, 0.4) is 0 Å². The lowest BCUT2D eigenvalue weighted by molar-refractivity contribution is -0.0513. The van der Waals surface area contributed by atoms with E-state index in [9.17, 15) is 0 Å². The van der Waals surface area contributed by atoms with Crippen LogP contribution in [-0.4, -0.2) is 13.1 Å². The maximum Gasteiger partial charge on any atom is 0.0102 e. The molecule has 0 aromatic carbocycles. The minimum atomic E-state index is 0.512. The van der Waals surface area contributed by atoms with Gasteiger partial charge in [0.05, 0.1) is 0 Å². The molecule has 4 rings (SSSR count). The Balaban J connectivity index is 1.48. The second-order valence-corrected chi connectivity index (χ2v) is 12.5. The number of allylic oxidation sites excluding steroid dienone is 1. The van der Waals surface area contributed by atoms with Gasteiger partial charge in [0, 0.05) is 6.04 Å². The van der Waals surface area contributed by atoms with Crippen molar-refractivity contribution in [2.24, 2.45) is 46.3 Å². The van der Waals surface area contributed by atoms with Crippen LogP contribution in [0.1, 0.15) is 105 Å². The van der Waals surface area contributed by atoms with Crippen LogP contribution in [0.25, 0.3) is 0 Å². The zero-order valence-electron chi connectivity index (χ0n) is 20.4. The third kappa shape index (κ3) is 3.77. The molecule has 0 radical (unpaired) electrons. The van der Waals surface area contributed by atoms with Crippen LogP contribution in [0.4, 0.5) is 0 Å². The summed E-state index contributed by atoms with van der Waals surface area (Å²) < 4.78 is 0. The van der Waals surface area contributed by atoms with E-state index in [1.54, 1.807) is 0 Å². The fourth-order valence-corrected chi connectivity index (χ4v) is 8.93. The Morgan fingerprint density at radius 2 is 1.79 bits per heavy atom. The Hall–Kier alpha value is -0.300.